The molecule has 0 aliphatic heterocycles. The molecule has 4 rings (SSSR count). The molecule has 2 N–H and O–H groups in total. The molecule has 1 aromatic heterocycles. The van der Waals surface area contributed by atoms with Crippen LogP contribution in [0.3, 0.4) is 0 Å². The number of aromatic nitrogens is 2. The van der Waals surface area contributed by atoms with Gasteiger partial charge in [-0.05, 0) is 53.6 Å². The van der Waals surface area contributed by atoms with Crippen molar-refractivity contribution in [3.63, 3.8) is 0 Å². The van der Waals surface area contributed by atoms with E-state index < -0.39 is 0 Å². The molecule has 31 heavy (non-hydrogen) atoms. The van der Waals surface area contributed by atoms with E-state index in [2.05, 4.69) is 10.3 Å². The molecular weight excluding hydrogens is 414 g/mol. The Kier molecular flexibility index (Phi) is 6.21. The molecule has 3 aromatic carbocycles. The van der Waals surface area contributed by atoms with E-state index >= 15 is 0 Å². The van der Waals surface area contributed by atoms with Gasteiger partial charge >= 0.3 is 5.69 Å². The fourth-order valence-electron chi connectivity index (χ4n) is 3.51. The smallest absolute Gasteiger partial charge is 0.354 e. The topological polar surface area (TPSA) is 76.4 Å². The Morgan fingerprint density at radius 3 is 2.68 bits per heavy atom. The second-order valence-corrected chi connectivity index (χ2v) is 7.50. The zero-order valence-corrected chi connectivity index (χ0v) is 17.8. The number of aliphatic hydroxyl groups is 1. The van der Waals surface area contributed by atoms with Gasteiger partial charge in [0, 0.05) is 23.9 Å². The van der Waals surface area contributed by atoms with Gasteiger partial charge < -0.3 is 15.2 Å². The van der Waals surface area contributed by atoms with Crippen molar-refractivity contribution in [1.29, 1.82) is 0 Å². The molecule has 6 nitrogen and oxygen atoms in total. The summed E-state index contributed by atoms with van der Waals surface area (Å²) in [4.78, 5) is 17.0. The molecule has 1 heterocycles. The van der Waals surface area contributed by atoms with E-state index in [1.54, 1.807) is 23.7 Å². The fourth-order valence-corrected chi connectivity index (χ4v) is 3.68. The zero-order chi connectivity index (χ0) is 21.8. The number of rotatable bonds is 7. The second-order valence-electron chi connectivity index (χ2n) is 7.06. The van der Waals surface area contributed by atoms with Crippen LogP contribution in [0.25, 0.3) is 16.6 Å². The Hall–Kier alpha value is -3.35. The molecule has 0 atom stereocenters. The number of nitrogens with zero attached hydrogens (tertiary/aromatic N) is 2. The van der Waals surface area contributed by atoms with Crippen LogP contribution in [-0.4, -0.2) is 28.3 Å². The highest BCUT2D eigenvalue weighted by Crippen LogP contribution is 2.25. The third kappa shape index (κ3) is 4.55. The largest absolute Gasteiger partial charge is 0.493 e. The van der Waals surface area contributed by atoms with Crippen molar-refractivity contribution < 1.29 is 9.84 Å². The quantitative estimate of drug-likeness (QED) is 0.455. The molecule has 0 saturated carbocycles. The number of fused-ring (bicyclic) bond motifs is 1. The van der Waals surface area contributed by atoms with Crippen molar-refractivity contribution in [2.75, 3.05) is 19.0 Å². The molecule has 0 spiro atoms. The average molecular weight is 436 g/mol. The summed E-state index contributed by atoms with van der Waals surface area (Å²) in [7, 11) is 1.73. The normalized spacial score (nSPS) is 10.9. The summed E-state index contributed by atoms with van der Waals surface area (Å²) in [5.41, 5.74) is 2.85. The molecule has 0 radical (unpaired) electrons. The lowest BCUT2D eigenvalue weighted by Crippen LogP contribution is -2.23. The first kappa shape index (κ1) is 20.9. The number of ether oxygens (including phenoxy) is 1. The molecule has 0 fully saturated rings. The first-order chi connectivity index (χ1) is 15.1. The number of aliphatic hydroxyl groups excluding tert-OH is 1. The van der Waals surface area contributed by atoms with Crippen LogP contribution in [0.5, 0.6) is 5.75 Å². The van der Waals surface area contributed by atoms with Gasteiger partial charge in [-0.15, -0.1) is 0 Å². The van der Waals surface area contributed by atoms with Gasteiger partial charge in [-0.25, -0.2) is 4.79 Å². The number of nitrogens with one attached hydrogen (secondary N) is 1. The van der Waals surface area contributed by atoms with Crippen LogP contribution in [0.15, 0.2) is 71.5 Å². The van der Waals surface area contributed by atoms with Crippen LogP contribution in [0.4, 0.5) is 5.82 Å². The average Bonchev–Trinajstić information content (AvgIpc) is 2.78. The maximum atomic E-state index is 12.8. The van der Waals surface area contributed by atoms with Gasteiger partial charge in [-0.1, -0.05) is 35.9 Å². The van der Waals surface area contributed by atoms with Crippen molar-refractivity contribution >= 4 is 28.3 Å². The van der Waals surface area contributed by atoms with E-state index in [0.717, 1.165) is 16.5 Å². The van der Waals surface area contributed by atoms with Crippen molar-refractivity contribution in [3.8, 4) is 11.4 Å². The van der Waals surface area contributed by atoms with Crippen molar-refractivity contribution in [2.24, 2.45) is 0 Å². The van der Waals surface area contributed by atoms with Crippen molar-refractivity contribution in [3.05, 3.63) is 93.4 Å². The molecular formula is C24H22ClN3O3. The van der Waals surface area contributed by atoms with E-state index in [4.69, 9.17) is 16.3 Å². The molecule has 0 bridgehead atoms. The third-order valence-electron chi connectivity index (χ3n) is 5.00. The third-order valence-corrected chi connectivity index (χ3v) is 5.24. The van der Waals surface area contributed by atoms with Crippen molar-refractivity contribution in [2.45, 2.75) is 13.0 Å². The summed E-state index contributed by atoms with van der Waals surface area (Å²) in [6.07, 6.45) is 0.659. The van der Waals surface area contributed by atoms with E-state index in [9.17, 15) is 9.90 Å². The summed E-state index contributed by atoms with van der Waals surface area (Å²) in [5, 5.41) is 13.6. The molecule has 0 aliphatic carbocycles. The first-order valence-electron chi connectivity index (χ1n) is 9.91. The lowest BCUT2D eigenvalue weighted by molar-refractivity contribution is 0.279. The highest BCUT2D eigenvalue weighted by atomic mass is 35.5. The number of benzene rings is 3. The molecule has 0 unspecified atom stereocenters. The maximum absolute atomic E-state index is 12.8. The van der Waals surface area contributed by atoms with Crippen molar-refractivity contribution in [1.82, 2.24) is 9.55 Å². The standard InChI is InChI=1S/C24H22ClN3O3/c1-26-23-21-9-8-18(25)14-22(21)28(24(30)27-23)19-6-2-4-16(12-19)10-11-31-20-7-3-5-17(13-20)15-29/h2-9,12-14,29H,10-11,15H2,1H3,(H,26,27,30). The Bertz CT molecular complexity index is 1290. The Labute approximate surface area is 184 Å². The molecule has 4 aromatic rings. The summed E-state index contributed by atoms with van der Waals surface area (Å²) in [6, 6.07) is 20.5. The Morgan fingerprint density at radius 1 is 1.06 bits per heavy atom. The van der Waals surface area contributed by atoms with Crippen LogP contribution in [0, 0.1) is 0 Å². The summed E-state index contributed by atoms with van der Waals surface area (Å²) in [6.45, 7) is 0.448. The summed E-state index contributed by atoms with van der Waals surface area (Å²) >= 11 is 6.22. The summed E-state index contributed by atoms with van der Waals surface area (Å²) < 4.78 is 7.39. The second kappa shape index (κ2) is 9.20. The minimum absolute atomic E-state index is 0.0215. The molecule has 0 aliphatic rings. The Balaban J connectivity index is 1.62. The monoisotopic (exact) mass is 435 g/mol. The summed E-state index contributed by atoms with van der Waals surface area (Å²) in [5.74, 6) is 1.23. The fraction of sp³-hybridized carbons (Fsp3) is 0.167. The molecule has 0 saturated heterocycles. The van der Waals surface area contributed by atoms with Gasteiger partial charge in [-0.3, -0.25) is 4.57 Å². The van der Waals surface area contributed by atoms with Crippen LogP contribution in [0.1, 0.15) is 11.1 Å². The van der Waals surface area contributed by atoms with E-state index in [1.165, 1.54) is 0 Å². The number of anilines is 1. The van der Waals surface area contributed by atoms with Crippen LogP contribution < -0.4 is 15.7 Å². The highest BCUT2D eigenvalue weighted by molar-refractivity contribution is 6.31. The Morgan fingerprint density at radius 2 is 1.87 bits per heavy atom. The number of halogens is 1. The SMILES string of the molecule is CNc1nc(=O)n(-c2cccc(CCOc3cccc(CO)c3)c2)c2cc(Cl)ccc12. The highest BCUT2D eigenvalue weighted by Gasteiger charge is 2.12. The predicted molar refractivity (Wildman–Crippen MR) is 123 cm³/mol. The van der Waals surface area contributed by atoms with E-state index in [1.807, 2.05) is 54.6 Å². The lowest BCUT2D eigenvalue weighted by Gasteiger charge is -2.14. The van der Waals surface area contributed by atoms with Crippen LogP contribution in [0.2, 0.25) is 5.02 Å². The van der Waals surface area contributed by atoms with Crippen LogP contribution >= 0.6 is 11.6 Å². The predicted octanol–water partition coefficient (Wildman–Crippen LogP) is 4.19. The molecule has 7 heteroatoms. The zero-order valence-electron chi connectivity index (χ0n) is 17.0. The van der Waals surface area contributed by atoms with Gasteiger partial charge in [0.05, 0.1) is 24.4 Å². The number of hydrogen-bond donors (Lipinski definition) is 2. The van der Waals surface area contributed by atoms with Gasteiger partial charge in [0.1, 0.15) is 11.6 Å². The van der Waals surface area contributed by atoms with E-state index in [-0.39, 0.29) is 12.3 Å². The molecule has 0 amide bonds. The van der Waals surface area contributed by atoms with Crippen LogP contribution in [-0.2, 0) is 13.0 Å². The number of hydrogen-bond acceptors (Lipinski definition) is 5. The molecule has 158 valence electrons. The van der Waals surface area contributed by atoms with Gasteiger partial charge in [-0.2, -0.15) is 4.98 Å². The van der Waals surface area contributed by atoms with Gasteiger partial charge in [0.2, 0.25) is 0 Å². The van der Waals surface area contributed by atoms with Gasteiger partial charge in [0.25, 0.3) is 0 Å². The van der Waals surface area contributed by atoms with Gasteiger partial charge in [0.15, 0.2) is 0 Å². The minimum Gasteiger partial charge on any atom is -0.493 e. The lowest BCUT2D eigenvalue weighted by atomic mass is 10.1. The minimum atomic E-state index is -0.381. The first-order valence-corrected chi connectivity index (χ1v) is 10.3. The van der Waals surface area contributed by atoms with E-state index in [0.29, 0.717) is 40.8 Å². The maximum Gasteiger partial charge on any atom is 0.354 e.